The topological polar surface area (TPSA) is 38.0 Å². The second-order valence-corrected chi connectivity index (χ2v) is 4.39. The Bertz CT molecular complexity index is 529. The summed E-state index contributed by atoms with van der Waals surface area (Å²) in [6, 6.07) is 7.97. The number of hydrogen-bond donors (Lipinski definition) is 1. The molecule has 2 aromatic rings. The van der Waals surface area contributed by atoms with Gasteiger partial charge in [0, 0.05) is 5.56 Å². The van der Waals surface area contributed by atoms with Crippen molar-refractivity contribution >= 4 is 0 Å². The standard InChI is InChI=1S/C14H18N2O/c1-4-6-13-11(3)15-16(14(13)17)12-8-5-7-10(2)9-12/h5,7-9,17H,4,6H2,1-3H3. The molecular weight excluding hydrogens is 212 g/mol. The lowest BCUT2D eigenvalue weighted by atomic mass is 10.1. The van der Waals surface area contributed by atoms with Crippen LogP contribution in [0.3, 0.4) is 0 Å². The maximum Gasteiger partial charge on any atom is 0.217 e. The van der Waals surface area contributed by atoms with Crippen molar-refractivity contribution in [2.75, 3.05) is 0 Å². The van der Waals surface area contributed by atoms with Crippen molar-refractivity contribution in [1.29, 1.82) is 0 Å². The van der Waals surface area contributed by atoms with Gasteiger partial charge in [-0.3, -0.25) is 0 Å². The van der Waals surface area contributed by atoms with E-state index < -0.39 is 0 Å². The third-order valence-electron chi connectivity index (χ3n) is 2.90. The Labute approximate surface area is 102 Å². The molecule has 0 aliphatic heterocycles. The first kappa shape index (κ1) is 11.7. The van der Waals surface area contributed by atoms with Gasteiger partial charge < -0.3 is 5.11 Å². The van der Waals surface area contributed by atoms with Gasteiger partial charge in [-0.05, 0) is 38.0 Å². The summed E-state index contributed by atoms with van der Waals surface area (Å²) in [5.74, 6) is 0.273. The molecule has 0 fully saturated rings. The van der Waals surface area contributed by atoms with Crippen molar-refractivity contribution in [3.05, 3.63) is 41.1 Å². The highest BCUT2D eigenvalue weighted by Crippen LogP contribution is 2.25. The summed E-state index contributed by atoms with van der Waals surface area (Å²) in [4.78, 5) is 0. The van der Waals surface area contributed by atoms with E-state index in [1.165, 1.54) is 0 Å². The molecule has 90 valence electrons. The van der Waals surface area contributed by atoms with Gasteiger partial charge in [-0.25, -0.2) is 4.68 Å². The number of hydrogen-bond acceptors (Lipinski definition) is 2. The third-order valence-corrected chi connectivity index (χ3v) is 2.90. The molecule has 0 aliphatic carbocycles. The molecule has 0 aliphatic rings. The Balaban J connectivity index is 2.50. The monoisotopic (exact) mass is 230 g/mol. The fraction of sp³-hybridized carbons (Fsp3) is 0.357. The van der Waals surface area contributed by atoms with Gasteiger partial charge in [-0.1, -0.05) is 25.5 Å². The molecule has 3 nitrogen and oxygen atoms in total. The van der Waals surface area contributed by atoms with Crippen LogP contribution in [-0.4, -0.2) is 14.9 Å². The number of benzene rings is 1. The van der Waals surface area contributed by atoms with Gasteiger partial charge >= 0.3 is 0 Å². The number of rotatable bonds is 3. The average molecular weight is 230 g/mol. The van der Waals surface area contributed by atoms with Crippen molar-refractivity contribution in [3.8, 4) is 11.6 Å². The van der Waals surface area contributed by atoms with Gasteiger partial charge in [0.15, 0.2) is 0 Å². The highest BCUT2D eigenvalue weighted by atomic mass is 16.3. The van der Waals surface area contributed by atoms with Crippen LogP contribution in [0.15, 0.2) is 24.3 Å². The molecule has 0 radical (unpaired) electrons. The third kappa shape index (κ3) is 2.18. The van der Waals surface area contributed by atoms with Crippen LogP contribution in [0.25, 0.3) is 5.69 Å². The molecule has 1 aromatic heterocycles. The van der Waals surface area contributed by atoms with Gasteiger partial charge in [-0.2, -0.15) is 5.10 Å². The highest BCUT2D eigenvalue weighted by Gasteiger charge is 2.14. The Morgan fingerprint density at radius 1 is 1.29 bits per heavy atom. The van der Waals surface area contributed by atoms with E-state index in [4.69, 9.17) is 0 Å². The smallest absolute Gasteiger partial charge is 0.217 e. The van der Waals surface area contributed by atoms with Crippen molar-refractivity contribution in [3.63, 3.8) is 0 Å². The minimum absolute atomic E-state index is 0.273. The molecule has 3 heteroatoms. The van der Waals surface area contributed by atoms with E-state index in [-0.39, 0.29) is 5.88 Å². The van der Waals surface area contributed by atoms with Crippen LogP contribution >= 0.6 is 0 Å². The number of nitrogens with zero attached hydrogens (tertiary/aromatic N) is 2. The summed E-state index contributed by atoms with van der Waals surface area (Å²) in [5, 5.41) is 14.6. The molecule has 0 saturated heterocycles. The van der Waals surface area contributed by atoms with E-state index >= 15 is 0 Å². The predicted octanol–water partition coefficient (Wildman–Crippen LogP) is 3.15. The SMILES string of the molecule is CCCc1c(C)nn(-c2cccc(C)c2)c1O. The minimum Gasteiger partial charge on any atom is -0.493 e. The fourth-order valence-electron chi connectivity index (χ4n) is 2.03. The average Bonchev–Trinajstić information content (AvgIpc) is 2.57. The van der Waals surface area contributed by atoms with Crippen molar-refractivity contribution in [2.24, 2.45) is 0 Å². The Morgan fingerprint density at radius 2 is 2.06 bits per heavy atom. The Kier molecular flexibility index (Phi) is 3.18. The lowest BCUT2D eigenvalue weighted by molar-refractivity contribution is 0.427. The van der Waals surface area contributed by atoms with Crippen molar-refractivity contribution in [1.82, 2.24) is 9.78 Å². The summed E-state index contributed by atoms with van der Waals surface area (Å²) in [6.45, 7) is 6.07. The number of aromatic nitrogens is 2. The Hall–Kier alpha value is -1.77. The van der Waals surface area contributed by atoms with Crippen LogP contribution in [0, 0.1) is 13.8 Å². The first-order chi connectivity index (χ1) is 8.13. The largest absolute Gasteiger partial charge is 0.493 e. The number of aromatic hydroxyl groups is 1. The van der Waals surface area contributed by atoms with E-state index in [2.05, 4.69) is 12.0 Å². The maximum absolute atomic E-state index is 10.2. The fourth-order valence-corrected chi connectivity index (χ4v) is 2.03. The molecule has 0 bridgehead atoms. The quantitative estimate of drug-likeness (QED) is 0.879. The van der Waals surface area contributed by atoms with Crippen molar-refractivity contribution in [2.45, 2.75) is 33.6 Å². The van der Waals surface area contributed by atoms with Crippen molar-refractivity contribution < 1.29 is 5.11 Å². The summed E-state index contributed by atoms with van der Waals surface area (Å²) in [7, 11) is 0. The lowest BCUT2D eigenvalue weighted by Crippen LogP contribution is -1.96. The summed E-state index contributed by atoms with van der Waals surface area (Å²) in [5.41, 5.74) is 3.93. The number of aryl methyl sites for hydroxylation is 2. The van der Waals surface area contributed by atoms with Crippen LogP contribution < -0.4 is 0 Å². The minimum atomic E-state index is 0.273. The summed E-state index contributed by atoms with van der Waals surface area (Å²) in [6.07, 6.45) is 1.87. The van der Waals surface area contributed by atoms with Crippen LogP contribution in [0.1, 0.15) is 30.2 Å². The molecule has 0 amide bonds. The molecule has 0 spiro atoms. The van der Waals surface area contributed by atoms with Crippen LogP contribution in [0.5, 0.6) is 5.88 Å². The van der Waals surface area contributed by atoms with Crippen LogP contribution in [0.2, 0.25) is 0 Å². The molecule has 0 unspecified atom stereocenters. The van der Waals surface area contributed by atoms with E-state index in [1.54, 1.807) is 4.68 Å². The normalized spacial score (nSPS) is 10.8. The molecule has 17 heavy (non-hydrogen) atoms. The molecule has 0 saturated carbocycles. The van der Waals surface area contributed by atoms with Gasteiger partial charge in [0.2, 0.25) is 5.88 Å². The summed E-state index contributed by atoms with van der Waals surface area (Å²) < 4.78 is 1.62. The molecule has 1 heterocycles. The zero-order valence-corrected chi connectivity index (χ0v) is 10.6. The van der Waals surface area contributed by atoms with Gasteiger partial charge in [0.25, 0.3) is 0 Å². The highest BCUT2D eigenvalue weighted by molar-refractivity contribution is 5.42. The summed E-state index contributed by atoms with van der Waals surface area (Å²) >= 11 is 0. The second kappa shape index (κ2) is 4.62. The first-order valence-corrected chi connectivity index (χ1v) is 5.98. The Morgan fingerprint density at radius 3 is 2.71 bits per heavy atom. The van der Waals surface area contributed by atoms with E-state index in [9.17, 15) is 5.11 Å². The maximum atomic E-state index is 10.2. The second-order valence-electron chi connectivity index (χ2n) is 4.39. The lowest BCUT2D eigenvalue weighted by Gasteiger charge is -2.04. The molecule has 2 rings (SSSR count). The predicted molar refractivity (Wildman–Crippen MR) is 68.7 cm³/mol. The van der Waals surface area contributed by atoms with Gasteiger partial charge in [0.05, 0.1) is 11.4 Å². The first-order valence-electron chi connectivity index (χ1n) is 5.98. The van der Waals surface area contributed by atoms with E-state index in [0.29, 0.717) is 0 Å². The molecular formula is C14H18N2O. The van der Waals surface area contributed by atoms with E-state index in [0.717, 1.165) is 35.3 Å². The van der Waals surface area contributed by atoms with Crippen LogP contribution in [0.4, 0.5) is 0 Å². The molecule has 1 N–H and O–H groups in total. The van der Waals surface area contributed by atoms with E-state index in [1.807, 2.05) is 38.1 Å². The van der Waals surface area contributed by atoms with Crippen LogP contribution in [-0.2, 0) is 6.42 Å². The molecule has 0 atom stereocenters. The van der Waals surface area contributed by atoms with Gasteiger partial charge in [0.1, 0.15) is 0 Å². The van der Waals surface area contributed by atoms with Gasteiger partial charge in [-0.15, -0.1) is 0 Å². The molecule has 1 aromatic carbocycles. The zero-order valence-electron chi connectivity index (χ0n) is 10.6. The zero-order chi connectivity index (χ0) is 12.4.